The minimum Gasteiger partial charge on any atom is -0.424 e. The highest BCUT2D eigenvalue weighted by molar-refractivity contribution is 5.17. The van der Waals surface area contributed by atoms with Crippen molar-refractivity contribution in [2.24, 2.45) is 0 Å². The first kappa shape index (κ1) is 11.7. The minimum absolute atomic E-state index is 0.389. The maximum absolute atomic E-state index is 12.9. The van der Waals surface area contributed by atoms with E-state index in [1.807, 2.05) is 0 Å². The van der Waals surface area contributed by atoms with E-state index >= 15 is 0 Å². The topological polar surface area (TPSA) is 51.0 Å². The Balaban J connectivity index is 1.87. The fourth-order valence-corrected chi connectivity index (χ4v) is 1.37. The molecule has 1 aromatic heterocycles. The summed E-state index contributed by atoms with van der Waals surface area (Å²) in [5, 5.41) is 10.5. The molecule has 17 heavy (non-hydrogen) atoms. The van der Waals surface area contributed by atoms with Gasteiger partial charge in [-0.25, -0.2) is 8.78 Å². The Morgan fingerprint density at radius 2 is 2.00 bits per heavy atom. The first-order chi connectivity index (χ1) is 8.15. The van der Waals surface area contributed by atoms with Gasteiger partial charge in [0, 0.05) is 13.5 Å². The first-order valence-electron chi connectivity index (χ1n) is 5.09. The van der Waals surface area contributed by atoms with Gasteiger partial charge in [0.05, 0.1) is 6.54 Å². The van der Waals surface area contributed by atoms with Gasteiger partial charge >= 0.3 is 0 Å². The number of nitrogens with zero attached hydrogens (tertiary/aromatic N) is 2. The molecule has 2 rings (SSSR count). The van der Waals surface area contributed by atoms with E-state index in [0.29, 0.717) is 30.4 Å². The molecule has 0 unspecified atom stereocenters. The fraction of sp³-hybridized carbons (Fsp3) is 0.273. The Morgan fingerprint density at radius 3 is 2.65 bits per heavy atom. The Kier molecular flexibility index (Phi) is 3.43. The molecule has 2 aromatic rings. The second-order valence-electron chi connectivity index (χ2n) is 3.57. The summed E-state index contributed by atoms with van der Waals surface area (Å²) in [4.78, 5) is 0. The van der Waals surface area contributed by atoms with Crippen LogP contribution in [0.3, 0.4) is 0 Å². The quantitative estimate of drug-likeness (QED) is 0.885. The summed E-state index contributed by atoms with van der Waals surface area (Å²) in [6.07, 6.45) is 0. The Bertz CT molecular complexity index is 513. The predicted octanol–water partition coefficient (Wildman–Crippen LogP) is 1.95. The van der Waals surface area contributed by atoms with Gasteiger partial charge in [-0.3, -0.25) is 0 Å². The predicted molar refractivity (Wildman–Crippen MR) is 55.9 cm³/mol. The Labute approximate surface area is 96.7 Å². The molecule has 4 nitrogen and oxygen atoms in total. The lowest BCUT2D eigenvalue weighted by molar-refractivity contribution is 0.446. The van der Waals surface area contributed by atoms with Crippen LogP contribution >= 0.6 is 0 Å². The van der Waals surface area contributed by atoms with E-state index in [2.05, 4.69) is 15.5 Å². The molecule has 90 valence electrons. The fourth-order valence-electron chi connectivity index (χ4n) is 1.37. The standard InChI is InChI=1S/C11H11F2N3O/c1-7-15-16-11(17-7)6-14-5-8-2-3-9(12)10(13)4-8/h2-4,14H,5-6H2,1H3. The Hall–Kier alpha value is -1.82. The zero-order valence-corrected chi connectivity index (χ0v) is 9.20. The van der Waals surface area contributed by atoms with Crippen molar-refractivity contribution in [3.05, 3.63) is 47.2 Å². The van der Waals surface area contributed by atoms with Crippen molar-refractivity contribution in [2.45, 2.75) is 20.0 Å². The van der Waals surface area contributed by atoms with Crippen LogP contribution in [0.15, 0.2) is 22.6 Å². The molecule has 0 fully saturated rings. The Morgan fingerprint density at radius 1 is 1.18 bits per heavy atom. The van der Waals surface area contributed by atoms with Gasteiger partial charge in [0.15, 0.2) is 11.6 Å². The molecule has 0 saturated carbocycles. The van der Waals surface area contributed by atoms with Crippen LogP contribution in [0.2, 0.25) is 0 Å². The zero-order valence-electron chi connectivity index (χ0n) is 9.20. The normalized spacial score (nSPS) is 10.8. The van der Waals surface area contributed by atoms with Crippen molar-refractivity contribution in [3.8, 4) is 0 Å². The van der Waals surface area contributed by atoms with Crippen LogP contribution in [0.1, 0.15) is 17.3 Å². The van der Waals surface area contributed by atoms with Crippen LogP contribution in [0.4, 0.5) is 8.78 Å². The van der Waals surface area contributed by atoms with Gasteiger partial charge in [-0.1, -0.05) is 6.07 Å². The molecule has 0 spiro atoms. The van der Waals surface area contributed by atoms with Crippen molar-refractivity contribution in [3.63, 3.8) is 0 Å². The lowest BCUT2D eigenvalue weighted by atomic mass is 10.2. The van der Waals surface area contributed by atoms with Gasteiger partial charge in [-0.2, -0.15) is 0 Å². The van der Waals surface area contributed by atoms with Crippen LogP contribution in [-0.2, 0) is 13.1 Å². The van der Waals surface area contributed by atoms with Gasteiger partial charge in [0.1, 0.15) is 0 Å². The summed E-state index contributed by atoms with van der Waals surface area (Å²) >= 11 is 0. The number of aromatic nitrogens is 2. The molecule has 0 aliphatic heterocycles. The van der Waals surface area contributed by atoms with E-state index in [4.69, 9.17) is 4.42 Å². The van der Waals surface area contributed by atoms with Gasteiger partial charge in [-0.05, 0) is 17.7 Å². The average molecular weight is 239 g/mol. The second kappa shape index (κ2) is 5.01. The molecule has 1 heterocycles. The van der Waals surface area contributed by atoms with E-state index in [1.54, 1.807) is 6.92 Å². The maximum atomic E-state index is 12.9. The van der Waals surface area contributed by atoms with Crippen molar-refractivity contribution in [1.29, 1.82) is 0 Å². The minimum atomic E-state index is -0.849. The van der Waals surface area contributed by atoms with E-state index in [9.17, 15) is 8.78 Å². The largest absolute Gasteiger partial charge is 0.424 e. The summed E-state index contributed by atoms with van der Waals surface area (Å²) in [5.74, 6) is -0.737. The van der Waals surface area contributed by atoms with Gasteiger partial charge in [0.2, 0.25) is 11.8 Å². The monoisotopic (exact) mass is 239 g/mol. The van der Waals surface area contributed by atoms with E-state index in [1.165, 1.54) is 6.07 Å². The molecule has 0 atom stereocenters. The number of hydrogen-bond acceptors (Lipinski definition) is 4. The van der Waals surface area contributed by atoms with Gasteiger partial charge < -0.3 is 9.73 Å². The molecule has 0 amide bonds. The van der Waals surface area contributed by atoms with Crippen molar-refractivity contribution in [2.75, 3.05) is 0 Å². The average Bonchev–Trinajstić information content (AvgIpc) is 2.70. The van der Waals surface area contributed by atoms with Crippen molar-refractivity contribution >= 4 is 0 Å². The number of aryl methyl sites for hydroxylation is 1. The highest BCUT2D eigenvalue weighted by atomic mass is 19.2. The first-order valence-corrected chi connectivity index (χ1v) is 5.09. The number of nitrogens with one attached hydrogen (secondary N) is 1. The maximum Gasteiger partial charge on any atom is 0.230 e. The third kappa shape index (κ3) is 3.07. The molecule has 6 heteroatoms. The molecule has 1 aromatic carbocycles. The summed E-state index contributed by atoms with van der Waals surface area (Å²) in [6, 6.07) is 3.77. The van der Waals surface area contributed by atoms with Crippen molar-refractivity contribution < 1.29 is 13.2 Å². The van der Waals surface area contributed by atoms with Crippen LogP contribution in [-0.4, -0.2) is 10.2 Å². The highest BCUT2D eigenvalue weighted by Gasteiger charge is 2.04. The molecule has 1 N–H and O–H groups in total. The van der Waals surface area contributed by atoms with Crippen molar-refractivity contribution in [1.82, 2.24) is 15.5 Å². The van der Waals surface area contributed by atoms with Crippen LogP contribution < -0.4 is 5.32 Å². The van der Waals surface area contributed by atoms with Gasteiger partial charge in [-0.15, -0.1) is 10.2 Å². The lowest BCUT2D eigenvalue weighted by Crippen LogP contribution is -2.13. The van der Waals surface area contributed by atoms with E-state index < -0.39 is 11.6 Å². The molecular formula is C11H11F2N3O. The molecule has 0 bridgehead atoms. The molecular weight excluding hydrogens is 228 g/mol. The van der Waals surface area contributed by atoms with Crippen LogP contribution in [0, 0.1) is 18.6 Å². The molecule has 0 aliphatic carbocycles. The SMILES string of the molecule is Cc1nnc(CNCc2ccc(F)c(F)c2)o1. The van der Waals surface area contributed by atoms with E-state index in [0.717, 1.165) is 12.1 Å². The lowest BCUT2D eigenvalue weighted by Gasteiger charge is -2.02. The van der Waals surface area contributed by atoms with E-state index in [-0.39, 0.29) is 0 Å². The van der Waals surface area contributed by atoms with Crippen LogP contribution in [0.5, 0.6) is 0 Å². The molecule has 0 radical (unpaired) electrons. The highest BCUT2D eigenvalue weighted by Crippen LogP contribution is 2.08. The third-order valence-corrected chi connectivity index (χ3v) is 2.16. The molecule has 0 aliphatic rings. The number of halogens is 2. The van der Waals surface area contributed by atoms with Gasteiger partial charge in [0.25, 0.3) is 0 Å². The number of hydrogen-bond donors (Lipinski definition) is 1. The molecule has 0 saturated heterocycles. The summed E-state index contributed by atoms with van der Waals surface area (Å²) < 4.78 is 30.7. The third-order valence-electron chi connectivity index (χ3n) is 2.16. The number of rotatable bonds is 4. The summed E-state index contributed by atoms with van der Waals surface area (Å²) in [5.41, 5.74) is 0.653. The smallest absolute Gasteiger partial charge is 0.230 e. The summed E-state index contributed by atoms with van der Waals surface area (Å²) in [6.45, 7) is 2.49. The summed E-state index contributed by atoms with van der Waals surface area (Å²) in [7, 11) is 0. The number of benzene rings is 1. The van der Waals surface area contributed by atoms with Crippen LogP contribution in [0.25, 0.3) is 0 Å². The second-order valence-corrected chi connectivity index (χ2v) is 3.57. The zero-order chi connectivity index (χ0) is 12.3.